The zero-order chi connectivity index (χ0) is 16.2. The number of aliphatic hydroxyl groups excluding tert-OH is 1. The van der Waals surface area contributed by atoms with E-state index in [0.29, 0.717) is 31.0 Å². The fraction of sp³-hybridized carbons (Fsp3) is 0.875. The first-order valence-electron chi connectivity index (χ1n) is 8.70. The zero-order valence-electron chi connectivity index (χ0n) is 14.1. The lowest BCUT2D eigenvalue weighted by atomic mass is 10.1. The number of likely N-dealkylation sites (N-methyl/N-ethyl adjacent to an activating group) is 1. The Labute approximate surface area is 137 Å². The molecule has 130 valence electrons. The quantitative estimate of drug-likeness (QED) is 0.830. The number of aryl methyl sites for hydroxylation is 1. The van der Waals surface area contributed by atoms with Crippen LogP contribution in [0.25, 0.3) is 0 Å². The fourth-order valence-electron chi connectivity index (χ4n) is 3.63. The van der Waals surface area contributed by atoms with Gasteiger partial charge in [0.15, 0.2) is 0 Å². The lowest BCUT2D eigenvalue weighted by Gasteiger charge is -2.29. The van der Waals surface area contributed by atoms with Gasteiger partial charge in [0.25, 0.3) is 0 Å². The summed E-state index contributed by atoms with van der Waals surface area (Å²) in [6.07, 6.45) is 3.54. The first-order chi connectivity index (χ1) is 11.2. The Morgan fingerprint density at radius 1 is 1.30 bits per heavy atom. The van der Waals surface area contributed by atoms with Crippen LogP contribution in [0.15, 0.2) is 4.42 Å². The van der Waals surface area contributed by atoms with Gasteiger partial charge in [-0.1, -0.05) is 6.92 Å². The highest BCUT2D eigenvalue weighted by Gasteiger charge is 2.36. The van der Waals surface area contributed by atoms with Gasteiger partial charge in [0, 0.05) is 33.2 Å². The smallest absolute Gasteiger partial charge is 0.230 e. The Bertz CT molecular complexity index is 489. The molecule has 2 aliphatic rings. The van der Waals surface area contributed by atoms with Gasteiger partial charge in [-0.15, -0.1) is 10.2 Å². The third-order valence-corrected chi connectivity index (χ3v) is 4.85. The third kappa shape index (κ3) is 4.29. The molecule has 0 unspecified atom stereocenters. The van der Waals surface area contributed by atoms with Crippen LogP contribution in [0.2, 0.25) is 0 Å². The molecule has 0 aliphatic carbocycles. The number of ether oxygens (including phenoxy) is 1. The van der Waals surface area contributed by atoms with Crippen LogP contribution >= 0.6 is 0 Å². The summed E-state index contributed by atoms with van der Waals surface area (Å²) in [5.74, 6) is 1.20. The third-order valence-electron chi connectivity index (χ3n) is 4.85. The monoisotopic (exact) mass is 324 g/mol. The van der Waals surface area contributed by atoms with Gasteiger partial charge in [-0.2, -0.15) is 0 Å². The maximum atomic E-state index is 10.5. The molecule has 0 spiro atoms. The van der Waals surface area contributed by atoms with Gasteiger partial charge in [-0.25, -0.2) is 0 Å². The van der Waals surface area contributed by atoms with E-state index in [2.05, 4.69) is 26.9 Å². The van der Waals surface area contributed by atoms with Gasteiger partial charge in [-0.3, -0.25) is 9.80 Å². The summed E-state index contributed by atoms with van der Waals surface area (Å²) in [6, 6.07) is 0.107. The van der Waals surface area contributed by atoms with Crippen molar-refractivity contribution in [3.8, 4) is 0 Å². The summed E-state index contributed by atoms with van der Waals surface area (Å²) in [7, 11) is 0. The molecule has 0 amide bonds. The van der Waals surface area contributed by atoms with E-state index in [1.165, 1.54) is 12.8 Å². The Kier molecular flexibility index (Phi) is 5.63. The number of aliphatic hydroxyl groups is 1. The van der Waals surface area contributed by atoms with Crippen LogP contribution in [-0.4, -0.2) is 76.1 Å². The van der Waals surface area contributed by atoms with E-state index < -0.39 is 0 Å². The van der Waals surface area contributed by atoms with E-state index in [4.69, 9.17) is 9.15 Å². The average Bonchev–Trinajstić information content (AvgIpc) is 3.11. The molecule has 3 rings (SSSR count). The predicted molar refractivity (Wildman–Crippen MR) is 84.9 cm³/mol. The molecule has 7 heteroatoms. The van der Waals surface area contributed by atoms with Crippen molar-refractivity contribution in [2.45, 2.75) is 57.9 Å². The normalized spacial score (nSPS) is 29.5. The molecule has 0 radical (unpaired) electrons. The molecule has 1 N–H and O–H groups in total. The molecule has 0 saturated carbocycles. The molecular formula is C16H28N4O3. The van der Waals surface area contributed by atoms with E-state index in [-0.39, 0.29) is 12.1 Å². The minimum Gasteiger partial charge on any atom is -0.424 e. The topological polar surface area (TPSA) is 74.9 Å². The van der Waals surface area contributed by atoms with Crippen molar-refractivity contribution < 1.29 is 14.3 Å². The van der Waals surface area contributed by atoms with Gasteiger partial charge < -0.3 is 14.3 Å². The van der Waals surface area contributed by atoms with Crippen LogP contribution in [-0.2, 0) is 11.3 Å². The summed E-state index contributed by atoms with van der Waals surface area (Å²) in [5, 5.41) is 18.4. The molecule has 1 aromatic heterocycles. The maximum Gasteiger partial charge on any atom is 0.230 e. The number of nitrogens with zero attached hydrogens (tertiary/aromatic N) is 4. The Morgan fingerprint density at radius 3 is 2.83 bits per heavy atom. The predicted octanol–water partition coefficient (Wildman–Crippen LogP) is 0.814. The summed E-state index contributed by atoms with van der Waals surface area (Å²) in [6.45, 7) is 8.70. The van der Waals surface area contributed by atoms with Gasteiger partial charge in [0.05, 0.1) is 24.8 Å². The van der Waals surface area contributed by atoms with Crippen molar-refractivity contribution in [2.24, 2.45) is 0 Å². The number of aromatic nitrogens is 2. The number of rotatable bonds is 6. The second-order valence-electron chi connectivity index (χ2n) is 6.62. The van der Waals surface area contributed by atoms with Crippen molar-refractivity contribution in [2.75, 3.05) is 32.8 Å². The van der Waals surface area contributed by atoms with Gasteiger partial charge in [-0.05, 0) is 25.8 Å². The first-order valence-corrected chi connectivity index (χ1v) is 8.70. The van der Waals surface area contributed by atoms with Crippen LogP contribution < -0.4 is 0 Å². The minimum atomic E-state index is -0.345. The molecule has 0 bridgehead atoms. The molecule has 7 nitrogen and oxygen atoms in total. The number of β-amino-alcohol motifs (C(OH)–C–C–N with tert-alkyl or cyclic N) is 1. The van der Waals surface area contributed by atoms with Crippen molar-refractivity contribution in [3.05, 3.63) is 11.8 Å². The molecule has 3 heterocycles. The highest BCUT2D eigenvalue weighted by molar-refractivity contribution is 4.93. The summed E-state index contributed by atoms with van der Waals surface area (Å²) in [4.78, 5) is 4.55. The van der Waals surface area contributed by atoms with E-state index in [9.17, 15) is 5.11 Å². The molecule has 1 aromatic rings. The van der Waals surface area contributed by atoms with Crippen molar-refractivity contribution >= 4 is 0 Å². The lowest BCUT2D eigenvalue weighted by molar-refractivity contribution is -0.00371. The van der Waals surface area contributed by atoms with Gasteiger partial charge in [0.2, 0.25) is 11.8 Å². The molecular weight excluding hydrogens is 296 g/mol. The van der Waals surface area contributed by atoms with Crippen LogP contribution in [0.1, 0.15) is 38.0 Å². The SMILES string of the molecule is CCN(Cc1nnc(C)o1)[C@@H]1CN(C[C@H]2CCCCO2)C[C@H]1O. The van der Waals surface area contributed by atoms with Gasteiger partial charge >= 0.3 is 0 Å². The average molecular weight is 324 g/mol. The van der Waals surface area contributed by atoms with Crippen molar-refractivity contribution in [1.29, 1.82) is 0 Å². The van der Waals surface area contributed by atoms with Crippen molar-refractivity contribution in [3.63, 3.8) is 0 Å². The van der Waals surface area contributed by atoms with Gasteiger partial charge in [0.1, 0.15) is 0 Å². The highest BCUT2D eigenvalue weighted by atomic mass is 16.5. The Balaban J connectivity index is 1.55. The minimum absolute atomic E-state index is 0.107. The van der Waals surface area contributed by atoms with Crippen LogP contribution in [0.5, 0.6) is 0 Å². The maximum absolute atomic E-state index is 10.5. The zero-order valence-corrected chi connectivity index (χ0v) is 14.1. The van der Waals surface area contributed by atoms with Crippen LogP contribution in [0, 0.1) is 6.92 Å². The first kappa shape index (κ1) is 16.8. The van der Waals surface area contributed by atoms with E-state index in [1.807, 2.05) is 0 Å². The Morgan fingerprint density at radius 2 is 2.17 bits per heavy atom. The number of likely N-dealkylation sites (tertiary alicyclic amines) is 1. The summed E-state index contributed by atoms with van der Waals surface area (Å²) >= 11 is 0. The molecule has 0 aromatic carbocycles. The summed E-state index contributed by atoms with van der Waals surface area (Å²) in [5.41, 5.74) is 0. The van der Waals surface area contributed by atoms with Crippen LogP contribution in [0.3, 0.4) is 0 Å². The lowest BCUT2D eigenvalue weighted by Crippen LogP contribution is -2.43. The van der Waals surface area contributed by atoms with Crippen LogP contribution in [0.4, 0.5) is 0 Å². The highest BCUT2D eigenvalue weighted by Crippen LogP contribution is 2.21. The molecule has 2 saturated heterocycles. The number of hydrogen-bond acceptors (Lipinski definition) is 7. The number of hydrogen-bond donors (Lipinski definition) is 1. The van der Waals surface area contributed by atoms with E-state index >= 15 is 0 Å². The summed E-state index contributed by atoms with van der Waals surface area (Å²) < 4.78 is 11.3. The second kappa shape index (κ2) is 7.70. The molecule has 2 fully saturated rings. The molecule has 2 aliphatic heterocycles. The van der Waals surface area contributed by atoms with E-state index in [0.717, 1.165) is 32.7 Å². The second-order valence-corrected chi connectivity index (χ2v) is 6.62. The largest absolute Gasteiger partial charge is 0.424 e. The Hall–Kier alpha value is -1.02. The molecule has 3 atom stereocenters. The van der Waals surface area contributed by atoms with Crippen molar-refractivity contribution in [1.82, 2.24) is 20.0 Å². The fourth-order valence-corrected chi connectivity index (χ4v) is 3.63. The van der Waals surface area contributed by atoms with E-state index in [1.54, 1.807) is 6.92 Å². The molecule has 23 heavy (non-hydrogen) atoms. The standard InChI is InChI=1S/C16H28N4O3/c1-3-20(11-16-18-17-12(2)23-16)14-9-19(10-15(14)21)8-13-6-4-5-7-22-13/h13-15,21H,3-11H2,1-2H3/t13-,14-,15-/m1/s1.